The van der Waals surface area contributed by atoms with Crippen molar-refractivity contribution >= 4 is 29.3 Å². The van der Waals surface area contributed by atoms with Gasteiger partial charge in [-0.05, 0) is 19.1 Å². The summed E-state index contributed by atoms with van der Waals surface area (Å²) < 4.78 is 20.9. The zero-order valence-electron chi connectivity index (χ0n) is 15.7. The molecule has 2 aliphatic heterocycles. The molecule has 152 valence electrons. The third-order valence-electron chi connectivity index (χ3n) is 4.54. The van der Waals surface area contributed by atoms with Crippen molar-refractivity contribution in [2.45, 2.75) is 13.3 Å². The lowest BCUT2D eigenvalue weighted by atomic mass is 10.1. The Hall–Kier alpha value is -3.56. The van der Waals surface area contributed by atoms with Crippen LogP contribution in [0.4, 0.5) is 11.5 Å². The summed E-state index contributed by atoms with van der Waals surface area (Å²) in [5.74, 6) is -0.0397. The van der Waals surface area contributed by atoms with E-state index in [0.717, 1.165) is 0 Å². The minimum atomic E-state index is -0.655. The third-order valence-corrected chi connectivity index (χ3v) is 4.54. The molecule has 0 saturated carbocycles. The fraction of sp³-hybridized carbons (Fsp3) is 0.368. The van der Waals surface area contributed by atoms with Crippen LogP contribution in [-0.2, 0) is 19.1 Å². The highest BCUT2D eigenvalue weighted by molar-refractivity contribution is 6.00. The summed E-state index contributed by atoms with van der Waals surface area (Å²) in [5, 5.41) is 6.08. The first-order valence-corrected chi connectivity index (χ1v) is 9.09. The van der Waals surface area contributed by atoms with Crippen LogP contribution in [0.3, 0.4) is 0 Å². The number of ether oxygens (including phenoxy) is 3. The Labute approximate surface area is 165 Å². The SMILES string of the molecule is Cc1cc(NC(=O)COC(=O)[C@H]2CC(=O)N(c3ccc4c(c3)OCCO4)C2)no1. The maximum absolute atomic E-state index is 12.4. The molecule has 3 heterocycles. The fourth-order valence-corrected chi connectivity index (χ4v) is 3.17. The smallest absolute Gasteiger partial charge is 0.311 e. The van der Waals surface area contributed by atoms with Crippen LogP contribution in [0.2, 0.25) is 0 Å². The molecule has 10 heteroatoms. The number of aryl methyl sites for hydroxylation is 1. The topological polar surface area (TPSA) is 120 Å². The molecule has 1 saturated heterocycles. The molecule has 4 rings (SSSR count). The number of esters is 1. The molecule has 0 aliphatic carbocycles. The second kappa shape index (κ2) is 7.82. The van der Waals surface area contributed by atoms with E-state index in [0.29, 0.717) is 36.2 Å². The second-order valence-electron chi connectivity index (χ2n) is 6.71. The standard InChI is InChI=1S/C19H19N3O7/c1-11-6-16(21-29-11)20-17(23)10-28-19(25)12-7-18(24)22(9-12)13-2-3-14-15(8-13)27-5-4-26-14/h2-3,6,8,12H,4-5,7,9-10H2,1H3,(H,20,21,23)/t12-/m0/s1. The van der Waals surface area contributed by atoms with Crippen molar-refractivity contribution in [1.82, 2.24) is 5.16 Å². The molecule has 1 aromatic heterocycles. The van der Waals surface area contributed by atoms with Crippen molar-refractivity contribution in [2.24, 2.45) is 5.92 Å². The van der Waals surface area contributed by atoms with Crippen LogP contribution in [0.5, 0.6) is 11.5 Å². The Bertz CT molecular complexity index is 955. The van der Waals surface area contributed by atoms with E-state index in [1.165, 1.54) is 4.90 Å². The van der Waals surface area contributed by atoms with Gasteiger partial charge in [-0.3, -0.25) is 14.4 Å². The molecule has 0 bridgehead atoms. The molecule has 29 heavy (non-hydrogen) atoms. The first-order valence-electron chi connectivity index (χ1n) is 9.09. The van der Waals surface area contributed by atoms with E-state index in [-0.39, 0.29) is 24.7 Å². The number of fused-ring (bicyclic) bond motifs is 1. The maximum Gasteiger partial charge on any atom is 0.311 e. The van der Waals surface area contributed by atoms with E-state index < -0.39 is 24.4 Å². The molecule has 0 spiro atoms. The van der Waals surface area contributed by atoms with E-state index >= 15 is 0 Å². The van der Waals surface area contributed by atoms with Crippen molar-refractivity contribution in [3.05, 3.63) is 30.0 Å². The van der Waals surface area contributed by atoms with Gasteiger partial charge in [0.1, 0.15) is 19.0 Å². The first kappa shape index (κ1) is 18.8. The van der Waals surface area contributed by atoms with Gasteiger partial charge in [-0.1, -0.05) is 5.16 Å². The van der Waals surface area contributed by atoms with Crippen molar-refractivity contribution in [3.63, 3.8) is 0 Å². The normalized spacial score (nSPS) is 17.9. The molecule has 1 N–H and O–H groups in total. The van der Waals surface area contributed by atoms with Crippen LogP contribution in [0.1, 0.15) is 12.2 Å². The largest absolute Gasteiger partial charge is 0.486 e. The Kier molecular flexibility index (Phi) is 5.07. The van der Waals surface area contributed by atoms with Crippen LogP contribution >= 0.6 is 0 Å². The molecule has 1 aromatic carbocycles. The predicted molar refractivity (Wildman–Crippen MR) is 98.7 cm³/mol. The summed E-state index contributed by atoms with van der Waals surface area (Å²) in [5.41, 5.74) is 0.619. The van der Waals surface area contributed by atoms with Crippen LogP contribution in [0, 0.1) is 12.8 Å². The van der Waals surface area contributed by atoms with E-state index in [1.54, 1.807) is 31.2 Å². The second-order valence-corrected chi connectivity index (χ2v) is 6.71. The van der Waals surface area contributed by atoms with Gasteiger partial charge in [0.2, 0.25) is 5.91 Å². The van der Waals surface area contributed by atoms with Crippen LogP contribution < -0.4 is 19.7 Å². The molecule has 2 aromatic rings. The van der Waals surface area contributed by atoms with E-state index in [4.69, 9.17) is 18.7 Å². The van der Waals surface area contributed by atoms with Crippen LogP contribution in [0.15, 0.2) is 28.8 Å². The molecule has 0 radical (unpaired) electrons. The Morgan fingerprint density at radius 1 is 1.24 bits per heavy atom. The summed E-state index contributed by atoms with van der Waals surface area (Å²) in [6.07, 6.45) is 0.0113. The number of rotatable bonds is 5. The highest BCUT2D eigenvalue weighted by Gasteiger charge is 2.36. The molecule has 1 atom stereocenters. The first-order chi connectivity index (χ1) is 14.0. The fourth-order valence-electron chi connectivity index (χ4n) is 3.17. The van der Waals surface area contributed by atoms with Crippen molar-refractivity contribution < 1.29 is 33.1 Å². The van der Waals surface area contributed by atoms with Gasteiger partial charge in [-0.25, -0.2) is 0 Å². The number of amides is 2. The summed E-state index contributed by atoms with van der Waals surface area (Å²) in [4.78, 5) is 38.0. The minimum Gasteiger partial charge on any atom is -0.486 e. The quantitative estimate of drug-likeness (QED) is 0.744. The number of anilines is 2. The predicted octanol–water partition coefficient (Wildman–Crippen LogP) is 1.29. The monoisotopic (exact) mass is 401 g/mol. The van der Waals surface area contributed by atoms with Gasteiger partial charge in [-0.15, -0.1) is 0 Å². The Morgan fingerprint density at radius 3 is 2.79 bits per heavy atom. The lowest BCUT2D eigenvalue weighted by Gasteiger charge is -2.22. The van der Waals surface area contributed by atoms with Crippen molar-refractivity contribution in [2.75, 3.05) is 36.6 Å². The molecule has 2 amide bonds. The van der Waals surface area contributed by atoms with Gasteiger partial charge >= 0.3 is 5.97 Å². The van der Waals surface area contributed by atoms with E-state index in [2.05, 4.69) is 10.5 Å². The average molecular weight is 401 g/mol. The van der Waals surface area contributed by atoms with Gasteiger partial charge in [-0.2, -0.15) is 0 Å². The zero-order valence-corrected chi connectivity index (χ0v) is 15.7. The van der Waals surface area contributed by atoms with Crippen molar-refractivity contribution in [1.29, 1.82) is 0 Å². The lowest BCUT2D eigenvalue weighted by molar-refractivity contribution is -0.151. The number of aromatic nitrogens is 1. The number of benzene rings is 1. The summed E-state index contributed by atoms with van der Waals surface area (Å²) >= 11 is 0. The molecule has 1 fully saturated rings. The molecule has 10 nitrogen and oxygen atoms in total. The highest BCUT2D eigenvalue weighted by Crippen LogP contribution is 2.36. The zero-order chi connectivity index (χ0) is 20.4. The van der Waals surface area contributed by atoms with Gasteiger partial charge < -0.3 is 29.0 Å². The van der Waals surface area contributed by atoms with Gasteiger partial charge in [0.05, 0.1) is 5.92 Å². The number of carbonyl (C=O) groups excluding carboxylic acids is 3. The van der Waals surface area contributed by atoms with Crippen LogP contribution in [0.25, 0.3) is 0 Å². The summed E-state index contributed by atoms with van der Waals surface area (Å²) in [6.45, 7) is 2.30. The minimum absolute atomic E-state index is 0.0113. The molecular formula is C19H19N3O7. The molecule has 2 aliphatic rings. The van der Waals surface area contributed by atoms with E-state index in [9.17, 15) is 14.4 Å². The number of nitrogens with zero attached hydrogens (tertiary/aromatic N) is 2. The summed E-state index contributed by atoms with van der Waals surface area (Å²) in [6, 6.07) is 6.74. The number of carbonyl (C=O) groups is 3. The average Bonchev–Trinajstić information content (AvgIpc) is 3.31. The van der Waals surface area contributed by atoms with E-state index in [1.807, 2.05) is 0 Å². The summed E-state index contributed by atoms with van der Waals surface area (Å²) in [7, 11) is 0. The number of nitrogens with one attached hydrogen (secondary N) is 1. The van der Waals surface area contributed by atoms with Gasteiger partial charge in [0.15, 0.2) is 23.9 Å². The van der Waals surface area contributed by atoms with Crippen LogP contribution in [-0.4, -0.2) is 49.3 Å². The maximum atomic E-state index is 12.4. The van der Waals surface area contributed by atoms with Gasteiger partial charge in [0, 0.05) is 30.8 Å². The number of hydrogen-bond acceptors (Lipinski definition) is 8. The van der Waals surface area contributed by atoms with Crippen molar-refractivity contribution in [3.8, 4) is 11.5 Å². The Morgan fingerprint density at radius 2 is 2.03 bits per heavy atom. The lowest BCUT2D eigenvalue weighted by Crippen LogP contribution is -2.28. The molecular weight excluding hydrogens is 382 g/mol. The number of hydrogen-bond donors (Lipinski definition) is 1. The van der Waals surface area contributed by atoms with Gasteiger partial charge in [0.25, 0.3) is 5.91 Å². The highest BCUT2D eigenvalue weighted by atomic mass is 16.6. The molecule has 0 unspecified atom stereocenters. The third kappa shape index (κ3) is 4.15. The Balaban J connectivity index is 1.32.